The van der Waals surface area contributed by atoms with Gasteiger partial charge in [0.05, 0.1) is 7.11 Å². The number of ether oxygens (including phenoxy) is 1. The smallest absolute Gasteiger partial charge is 0.317 e. The topological polar surface area (TPSA) is 41.6 Å². The second-order valence-electron chi connectivity index (χ2n) is 5.99. The van der Waals surface area contributed by atoms with Crippen molar-refractivity contribution in [1.82, 2.24) is 10.2 Å². The summed E-state index contributed by atoms with van der Waals surface area (Å²) in [5.41, 5.74) is 2.35. The lowest BCUT2D eigenvalue weighted by atomic mass is 9.98. The molecule has 0 saturated carbocycles. The third-order valence-corrected chi connectivity index (χ3v) is 4.89. The van der Waals surface area contributed by atoms with Gasteiger partial charge in [-0.1, -0.05) is 40.2 Å². The van der Waals surface area contributed by atoms with E-state index in [1.54, 1.807) is 7.11 Å². The van der Waals surface area contributed by atoms with Gasteiger partial charge in [-0.05, 0) is 41.8 Å². The SMILES string of the molecule is COc1ccc(C2CCN(C(=O)NCc3cccc(Br)c3)C2)cc1. The van der Waals surface area contributed by atoms with E-state index < -0.39 is 0 Å². The summed E-state index contributed by atoms with van der Waals surface area (Å²) in [6.07, 6.45) is 0.997. The Hall–Kier alpha value is -2.01. The largest absolute Gasteiger partial charge is 0.497 e. The molecule has 0 aromatic heterocycles. The van der Waals surface area contributed by atoms with Crippen LogP contribution in [0.25, 0.3) is 0 Å². The number of likely N-dealkylation sites (tertiary alicyclic amines) is 1. The van der Waals surface area contributed by atoms with Gasteiger partial charge in [-0.3, -0.25) is 0 Å². The van der Waals surface area contributed by atoms with Crippen molar-refractivity contribution in [1.29, 1.82) is 0 Å². The highest BCUT2D eigenvalue weighted by Crippen LogP contribution is 2.28. The van der Waals surface area contributed by atoms with Crippen LogP contribution in [-0.4, -0.2) is 31.1 Å². The lowest BCUT2D eigenvalue weighted by molar-refractivity contribution is 0.208. The number of methoxy groups -OCH3 is 1. The molecule has 126 valence electrons. The number of carbonyl (C=O) groups excluding carboxylic acids is 1. The summed E-state index contributed by atoms with van der Waals surface area (Å²) >= 11 is 3.45. The molecule has 2 aromatic carbocycles. The van der Waals surface area contributed by atoms with Crippen molar-refractivity contribution in [3.63, 3.8) is 0 Å². The first-order chi connectivity index (χ1) is 11.7. The number of rotatable bonds is 4. The molecule has 24 heavy (non-hydrogen) atoms. The quantitative estimate of drug-likeness (QED) is 0.854. The molecule has 1 unspecified atom stereocenters. The number of hydrogen-bond acceptors (Lipinski definition) is 2. The van der Waals surface area contributed by atoms with E-state index in [0.29, 0.717) is 12.5 Å². The predicted molar refractivity (Wildman–Crippen MR) is 98.3 cm³/mol. The van der Waals surface area contributed by atoms with Gasteiger partial charge in [-0.15, -0.1) is 0 Å². The third kappa shape index (κ3) is 4.09. The lowest BCUT2D eigenvalue weighted by Gasteiger charge is -2.18. The van der Waals surface area contributed by atoms with Crippen molar-refractivity contribution in [3.05, 3.63) is 64.1 Å². The van der Waals surface area contributed by atoms with Crippen LogP contribution >= 0.6 is 15.9 Å². The third-order valence-electron chi connectivity index (χ3n) is 4.40. The Labute approximate surface area is 150 Å². The molecule has 1 atom stereocenters. The minimum Gasteiger partial charge on any atom is -0.497 e. The predicted octanol–water partition coefficient (Wildman–Crippen LogP) is 4.16. The number of carbonyl (C=O) groups is 1. The number of hydrogen-bond donors (Lipinski definition) is 1. The van der Waals surface area contributed by atoms with Crippen molar-refractivity contribution in [2.24, 2.45) is 0 Å². The van der Waals surface area contributed by atoms with Gasteiger partial charge in [0.1, 0.15) is 5.75 Å². The molecule has 2 aromatic rings. The van der Waals surface area contributed by atoms with Gasteiger partial charge in [-0.25, -0.2) is 4.79 Å². The molecule has 5 heteroatoms. The molecular weight excluding hydrogens is 368 g/mol. The van der Waals surface area contributed by atoms with Crippen molar-refractivity contribution in [3.8, 4) is 5.75 Å². The Morgan fingerprint density at radius 3 is 2.79 bits per heavy atom. The Balaban J connectivity index is 1.53. The molecule has 2 amide bonds. The fourth-order valence-corrected chi connectivity index (χ4v) is 3.48. The molecule has 1 heterocycles. The van der Waals surface area contributed by atoms with Crippen LogP contribution in [0.3, 0.4) is 0 Å². The Morgan fingerprint density at radius 1 is 1.29 bits per heavy atom. The monoisotopic (exact) mass is 388 g/mol. The molecule has 1 fully saturated rings. The Bertz CT molecular complexity index is 703. The first-order valence-electron chi connectivity index (χ1n) is 8.07. The fraction of sp³-hybridized carbons (Fsp3) is 0.316. The van der Waals surface area contributed by atoms with E-state index in [1.807, 2.05) is 41.3 Å². The molecule has 0 bridgehead atoms. The zero-order valence-corrected chi connectivity index (χ0v) is 15.3. The van der Waals surface area contributed by atoms with Crippen LogP contribution in [0.1, 0.15) is 23.5 Å². The molecule has 0 aliphatic carbocycles. The minimum atomic E-state index is 0.00554. The fourth-order valence-electron chi connectivity index (χ4n) is 3.03. The minimum absolute atomic E-state index is 0.00554. The summed E-state index contributed by atoms with van der Waals surface area (Å²) in [6, 6.07) is 16.1. The second-order valence-corrected chi connectivity index (χ2v) is 6.91. The molecule has 1 saturated heterocycles. The number of benzene rings is 2. The summed E-state index contributed by atoms with van der Waals surface area (Å²) in [4.78, 5) is 14.3. The standard InChI is InChI=1S/C19H21BrN2O2/c1-24-18-7-5-15(6-8-18)16-9-10-22(13-16)19(23)21-12-14-3-2-4-17(20)11-14/h2-8,11,16H,9-10,12-13H2,1H3,(H,21,23). The summed E-state index contributed by atoms with van der Waals surface area (Å²) < 4.78 is 6.22. The molecular formula is C19H21BrN2O2. The maximum absolute atomic E-state index is 12.4. The molecule has 1 aliphatic heterocycles. The second kappa shape index (κ2) is 7.71. The van der Waals surface area contributed by atoms with Gasteiger partial charge in [-0.2, -0.15) is 0 Å². The van der Waals surface area contributed by atoms with E-state index in [-0.39, 0.29) is 6.03 Å². The van der Waals surface area contributed by atoms with Crippen LogP contribution < -0.4 is 10.1 Å². The summed E-state index contributed by atoms with van der Waals surface area (Å²) in [5.74, 6) is 1.26. The number of amides is 2. The van der Waals surface area contributed by atoms with E-state index in [1.165, 1.54) is 5.56 Å². The molecule has 0 spiro atoms. The van der Waals surface area contributed by atoms with E-state index in [0.717, 1.165) is 35.3 Å². The van der Waals surface area contributed by atoms with Gasteiger partial charge in [0, 0.05) is 30.0 Å². The Kier molecular flexibility index (Phi) is 5.41. The number of urea groups is 1. The summed E-state index contributed by atoms with van der Waals surface area (Å²) in [7, 11) is 1.67. The highest BCUT2D eigenvalue weighted by atomic mass is 79.9. The van der Waals surface area contributed by atoms with Crippen molar-refractivity contribution in [2.75, 3.05) is 20.2 Å². The van der Waals surface area contributed by atoms with Crippen LogP contribution in [0.2, 0.25) is 0 Å². The van der Waals surface area contributed by atoms with Crippen LogP contribution in [0, 0.1) is 0 Å². The van der Waals surface area contributed by atoms with Crippen LogP contribution in [-0.2, 0) is 6.54 Å². The van der Waals surface area contributed by atoms with Crippen molar-refractivity contribution < 1.29 is 9.53 Å². The zero-order valence-electron chi connectivity index (χ0n) is 13.7. The van der Waals surface area contributed by atoms with Gasteiger partial charge in [0.2, 0.25) is 0 Å². The van der Waals surface area contributed by atoms with Gasteiger partial charge in [0.15, 0.2) is 0 Å². The highest BCUT2D eigenvalue weighted by Gasteiger charge is 2.27. The maximum Gasteiger partial charge on any atom is 0.317 e. The summed E-state index contributed by atoms with van der Waals surface area (Å²) in [5, 5.41) is 3.00. The summed E-state index contributed by atoms with van der Waals surface area (Å²) in [6.45, 7) is 2.10. The van der Waals surface area contributed by atoms with Crippen LogP contribution in [0.15, 0.2) is 53.0 Å². The van der Waals surface area contributed by atoms with Crippen LogP contribution in [0.4, 0.5) is 4.79 Å². The van der Waals surface area contributed by atoms with E-state index in [9.17, 15) is 4.79 Å². The van der Waals surface area contributed by atoms with E-state index in [2.05, 4.69) is 33.4 Å². The molecule has 1 aliphatic rings. The zero-order chi connectivity index (χ0) is 16.9. The lowest BCUT2D eigenvalue weighted by Crippen LogP contribution is -2.37. The van der Waals surface area contributed by atoms with E-state index >= 15 is 0 Å². The van der Waals surface area contributed by atoms with Crippen molar-refractivity contribution >= 4 is 22.0 Å². The first kappa shape index (κ1) is 16.8. The van der Waals surface area contributed by atoms with Gasteiger partial charge >= 0.3 is 6.03 Å². The number of nitrogens with one attached hydrogen (secondary N) is 1. The number of halogens is 1. The molecule has 4 nitrogen and oxygen atoms in total. The maximum atomic E-state index is 12.4. The average Bonchev–Trinajstić information content (AvgIpc) is 3.10. The molecule has 3 rings (SSSR count). The number of nitrogens with zero attached hydrogens (tertiary/aromatic N) is 1. The highest BCUT2D eigenvalue weighted by molar-refractivity contribution is 9.10. The van der Waals surface area contributed by atoms with Crippen LogP contribution in [0.5, 0.6) is 5.75 Å². The molecule has 0 radical (unpaired) electrons. The molecule has 1 N–H and O–H groups in total. The van der Waals surface area contributed by atoms with Gasteiger partial charge in [0.25, 0.3) is 0 Å². The first-order valence-corrected chi connectivity index (χ1v) is 8.86. The Morgan fingerprint density at radius 2 is 2.08 bits per heavy atom. The van der Waals surface area contributed by atoms with Gasteiger partial charge < -0.3 is 15.0 Å². The normalized spacial score (nSPS) is 16.9. The van der Waals surface area contributed by atoms with Crippen molar-refractivity contribution in [2.45, 2.75) is 18.9 Å². The van der Waals surface area contributed by atoms with E-state index in [4.69, 9.17) is 4.74 Å². The average molecular weight is 389 g/mol.